The molecule has 3 nitrogen and oxygen atoms in total. The first-order valence-corrected chi connectivity index (χ1v) is 7.42. The van der Waals surface area contributed by atoms with Crippen LogP contribution in [-0.2, 0) is 4.79 Å². The second kappa shape index (κ2) is 5.31. The topological polar surface area (TPSA) is 49.3 Å². The van der Waals surface area contributed by atoms with E-state index >= 15 is 0 Å². The molecule has 92 valence electrons. The zero-order chi connectivity index (χ0) is 12.3. The van der Waals surface area contributed by atoms with E-state index in [9.17, 15) is 9.90 Å². The molecule has 1 unspecified atom stereocenters. The maximum Gasteiger partial charge on any atom is 0.330 e. The molecule has 0 aliphatic carbocycles. The van der Waals surface area contributed by atoms with E-state index in [0.29, 0.717) is 12.2 Å². The Bertz CT molecular complexity index is 401. The molecule has 1 aliphatic rings. The molecule has 0 aromatic heterocycles. The lowest BCUT2D eigenvalue weighted by Gasteiger charge is -2.34. The van der Waals surface area contributed by atoms with Crippen molar-refractivity contribution in [2.24, 2.45) is 0 Å². The number of rotatable bonds is 3. The van der Waals surface area contributed by atoms with E-state index in [1.54, 1.807) is 11.8 Å². The third-order valence-electron chi connectivity index (χ3n) is 2.88. The summed E-state index contributed by atoms with van der Waals surface area (Å²) in [6, 6.07) is 7.61. The number of benzene rings is 1. The Labute approximate surface area is 113 Å². The monoisotopic (exact) mass is 315 g/mol. The molecule has 2 rings (SSSR count). The average molecular weight is 316 g/mol. The van der Waals surface area contributed by atoms with Crippen LogP contribution in [-0.4, -0.2) is 28.1 Å². The summed E-state index contributed by atoms with van der Waals surface area (Å²) in [5.41, 5.74) is 0.0506. The first-order chi connectivity index (χ1) is 8.12. The first-order valence-electron chi connectivity index (χ1n) is 5.47. The Morgan fingerprint density at radius 2 is 2.12 bits per heavy atom. The minimum Gasteiger partial charge on any atom is -0.479 e. The van der Waals surface area contributed by atoms with E-state index in [2.05, 4.69) is 21.2 Å². The van der Waals surface area contributed by atoms with Crippen LogP contribution >= 0.6 is 27.7 Å². The molecule has 2 N–H and O–H groups in total. The van der Waals surface area contributed by atoms with Crippen molar-refractivity contribution in [1.29, 1.82) is 0 Å². The molecule has 0 amide bonds. The van der Waals surface area contributed by atoms with E-state index < -0.39 is 11.5 Å². The number of hydrogen-bond acceptors (Lipinski definition) is 3. The molecule has 0 saturated carbocycles. The molecule has 5 heteroatoms. The molecule has 1 aliphatic heterocycles. The number of hydrogen-bond donors (Lipinski definition) is 2. The van der Waals surface area contributed by atoms with Crippen molar-refractivity contribution in [3.63, 3.8) is 0 Å². The summed E-state index contributed by atoms with van der Waals surface area (Å²) >= 11 is 5.06. The minimum atomic E-state index is -0.809. The first kappa shape index (κ1) is 12.8. The lowest BCUT2D eigenvalue weighted by atomic mass is 9.95. The van der Waals surface area contributed by atoms with Crippen LogP contribution in [0.4, 0.5) is 5.69 Å². The van der Waals surface area contributed by atoms with Gasteiger partial charge in [0.25, 0.3) is 0 Å². The average Bonchev–Trinajstić information content (AvgIpc) is 2.33. The number of thioether (sulfide) groups is 1. The van der Waals surface area contributed by atoms with Crippen LogP contribution in [0.3, 0.4) is 0 Å². The van der Waals surface area contributed by atoms with E-state index in [0.717, 1.165) is 22.3 Å². The van der Waals surface area contributed by atoms with Crippen molar-refractivity contribution in [3.8, 4) is 0 Å². The number of aliphatic carboxylic acids is 1. The van der Waals surface area contributed by atoms with Crippen LogP contribution in [0.5, 0.6) is 0 Å². The predicted molar refractivity (Wildman–Crippen MR) is 74.7 cm³/mol. The summed E-state index contributed by atoms with van der Waals surface area (Å²) in [6.07, 6.45) is 1.63. The van der Waals surface area contributed by atoms with Gasteiger partial charge in [0.2, 0.25) is 0 Å². The minimum absolute atomic E-state index is 0.623. The fraction of sp³-hybridized carbons (Fsp3) is 0.417. The van der Waals surface area contributed by atoms with Gasteiger partial charge in [-0.2, -0.15) is 11.8 Å². The van der Waals surface area contributed by atoms with Crippen molar-refractivity contribution < 1.29 is 9.90 Å². The van der Waals surface area contributed by atoms with Crippen LogP contribution < -0.4 is 5.32 Å². The van der Waals surface area contributed by atoms with E-state index in [-0.39, 0.29) is 0 Å². The molecule has 1 aromatic rings. The Morgan fingerprint density at radius 3 is 2.65 bits per heavy atom. The molecule has 1 atom stereocenters. The van der Waals surface area contributed by atoms with Gasteiger partial charge in [-0.15, -0.1) is 0 Å². The van der Waals surface area contributed by atoms with Crippen LogP contribution in [0.15, 0.2) is 28.7 Å². The molecule has 17 heavy (non-hydrogen) atoms. The van der Waals surface area contributed by atoms with E-state index in [1.807, 2.05) is 24.3 Å². The maximum absolute atomic E-state index is 11.5. The summed E-state index contributed by atoms with van der Waals surface area (Å²) in [4.78, 5) is 11.5. The second-order valence-electron chi connectivity index (χ2n) is 4.18. The summed E-state index contributed by atoms with van der Waals surface area (Å²) < 4.78 is 0.991. The largest absolute Gasteiger partial charge is 0.479 e. The zero-order valence-corrected chi connectivity index (χ0v) is 11.7. The number of carboxylic acids is 1. The van der Waals surface area contributed by atoms with Crippen LogP contribution in [0, 0.1) is 0 Å². The van der Waals surface area contributed by atoms with Gasteiger partial charge < -0.3 is 10.4 Å². The van der Waals surface area contributed by atoms with Crippen LogP contribution in [0.1, 0.15) is 12.8 Å². The third-order valence-corrected chi connectivity index (χ3v) is 4.68. The standard InChI is InChI=1S/C12H14BrNO2S/c13-9-2-4-10(5-3-9)14-12(11(15)16)6-1-7-17-8-12/h2-5,14H,1,6-8H2,(H,15,16). The molecule has 0 radical (unpaired) electrons. The van der Waals surface area contributed by atoms with Crippen LogP contribution in [0.25, 0.3) is 0 Å². The maximum atomic E-state index is 11.5. The van der Waals surface area contributed by atoms with Crippen molar-refractivity contribution in [3.05, 3.63) is 28.7 Å². The number of halogens is 1. The van der Waals surface area contributed by atoms with E-state index in [4.69, 9.17) is 0 Å². The zero-order valence-electron chi connectivity index (χ0n) is 9.28. The lowest BCUT2D eigenvalue weighted by molar-refractivity contribution is -0.141. The van der Waals surface area contributed by atoms with Gasteiger partial charge in [-0.05, 0) is 42.9 Å². The molecule has 0 spiro atoms. The molecule has 1 aromatic carbocycles. The van der Waals surface area contributed by atoms with Gasteiger partial charge in [0, 0.05) is 15.9 Å². The highest BCUT2D eigenvalue weighted by Crippen LogP contribution is 2.31. The summed E-state index contributed by atoms with van der Waals surface area (Å²) in [7, 11) is 0. The Morgan fingerprint density at radius 1 is 1.41 bits per heavy atom. The highest BCUT2D eigenvalue weighted by Gasteiger charge is 2.39. The fourth-order valence-electron chi connectivity index (χ4n) is 1.92. The number of carboxylic acid groups (broad SMARTS) is 1. The fourth-order valence-corrected chi connectivity index (χ4v) is 3.37. The van der Waals surface area contributed by atoms with Crippen molar-refractivity contribution in [1.82, 2.24) is 0 Å². The smallest absolute Gasteiger partial charge is 0.330 e. The molecule has 0 bridgehead atoms. The molecular weight excluding hydrogens is 302 g/mol. The van der Waals surface area contributed by atoms with Gasteiger partial charge in [-0.25, -0.2) is 4.79 Å². The van der Waals surface area contributed by atoms with E-state index in [1.165, 1.54) is 0 Å². The highest BCUT2D eigenvalue weighted by molar-refractivity contribution is 9.10. The molecule has 1 saturated heterocycles. The third kappa shape index (κ3) is 2.96. The number of anilines is 1. The van der Waals surface area contributed by atoms with Crippen molar-refractivity contribution >= 4 is 39.3 Å². The number of carbonyl (C=O) groups is 1. The van der Waals surface area contributed by atoms with Gasteiger partial charge in [0.15, 0.2) is 0 Å². The number of nitrogens with one attached hydrogen (secondary N) is 1. The Balaban J connectivity index is 2.17. The van der Waals surface area contributed by atoms with Crippen molar-refractivity contribution in [2.75, 3.05) is 16.8 Å². The van der Waals surface area contributed by atoms with Gasteiger partial charge in [0.05, 0.1) is 0 Å². The van der Waals surface area contributed by atoms with Gasteiger partial charge in [0.1, 0.15) is 5.54 Å². The highest BCUT2D eigenvalue weighted by atomic mass is 79.9. The molecule has 1 fully saturated rings. The molecular formula is C12H14BrNO2S. The van der Waals surface area contributed by atoms with Gasteiger partial charge in [-0.1, -0.05) is 15.9 Å². The van der Waals surface area contributed by atoms with Crippen LogP contribution in [0.2, 0.25) is 0 Å². The second-order valence-corrected chi connectivity index (χ2v) is 6.20. The Kier molecular flexibility index (Phi) is 3.99. The Hall–Kier alpha value is -0.680. The summed E-state index contributed by atoms with van der Waals surface area (Å²) in [6.45, 7) is 0. The molecule has 1 heterocycles. The van der Waals surface area contributed by atoms with Crippen molar-refractivity contribution in [2.45, 2.75) is 18.4 Å². The SMILES string of the molecule is O=C(O)C1(Nc2ccc(Br)cc2)CCCSC1. The normalized spacial score (nSPS) is 24.3. The summed E-state index contributed by atoms with van der Waals surface area (Å²) in [5, 5.41) is 12.6. The van der Waals surface area contributed by atoms with Gasteiger partial charge in [-0.3, -0.25) is 0 Å². The predicted octanol–water partition coefficient (Wildman–Crippen LogP) is 3.21. The summed E-state index contributed by atoms with van der Waals surface area (Å²) in [5.74, 6) is 0.919. The quantitative estimate of drug-likeness (QED) is 0.899. The lowest BCUT2D eigenvalue weighted by Crippen LogP contribution is -2.50. The van der Waals surface area contributed by atoms with Gasteiger partial charge >= 0.3 is 5.97 Å².